The number of carbonyl (C=O) groups is 6. The summed E-state index contributed by atoms with van der Waals surface area (Å²) >= 11 is 5.46. The van der Waals surface area contributed by atoms with Gasteiger partial charge in [0.2, 0.25) is 0 Å². The molecule has 0 amide bonds. The van der Waals surface area contributed by atoms with Crippen molar-refractivity contribution in [3.05, 3.63) is 107 Å². The molecule has 3 rings (SSSR count). The van der Waals surface area contributed by atoms with Crippen molar-refractivity contribution in [1.29, 1.82) is 0 Å². The Morgan fingerprint density at radius 2 is 0.851 bits per heavy atom. The van der Waals surface area contributed by atoms with Crippen LogP contribution in [-0.2, 0) is 71.2 Å². The van der Waals surface area contributed by atoms with Crippen molar-refractivity contribution < 1.29 is 128 Å². The van der Waals surface area contributed by atoms with Crippen LogP contribution in [0.4, 0.5) is 13.2 Å². The molecule has 7 atom stereocenters. The first-order valence-corrected chi connectivity index (χ1v) is 35.5. The molecule has 0 saturated heterocycles. The van der Waals surface area contributed by atoms with Crippen molar-refractivity contribution in [2.75, 3.05) is 33.0 Å². The number of halogens is 4. The Bertz CT molecular complexity index is 1790. The molecule has 0 radical (unpaired) electrons. The number of benzene rings is 3. The smallest absolute Gasteiger partial charge is 0.870 e. The Morgan fingerprint density at radius 3 is 1.09 bits per heavy atom. The molecule has 0 heterocycles. The van der Waals surface area contributed by atoms with Crippen LogP contribution in [0.25, 0.3) is 0 Å². The number of hydrogen-bond donors (Lipinski definition) is 1. The molecule has 2 N–H and O–H groups in total. The van der Waals surface area contributed by atoms with Crippen molar-refractivity contribution in [3.8, 4) is 0 Å². The number of rotatable bonds is 19. The second kappa shape index (κ2) is 45.9. The second-order valence-electron chi connectivity index (χ2n) is 12.1. The largest absolute Gasteiger partial charge is 1.00 e. The number of carbonyl (C=O) groups excluding carboxylic acids is 5. The van der Waals surface area contributed by atoms with Gasteiger partial charge in [-0.05, 0) is 122 Å². The van der Waals surface area contributed by atoms with Gasteiger partial charge in [-0.25, -0.2) is 13.2 Å². The van der Waals surface area contributed by atoms with Gasteiger partial charge >= 0.3 is 87.2 Å². The fourth-order valence-electron chi connectivity index (χ4n) is 4.34. The van der Waals surface area contributed by atoms with Crippen LogP contribution in [0.3, 0.4) is 0 Å². The summed E-state index contributed by atoms with van der Waals surface area (Å²) in [5.74, 6) is -7.14. The second-order valence-corrected chi connectivity index (χ2v) is 43.0. The Balaban J connectivity index is -0.000000380. The number of aliphatic carboxylic acids is 1. The third-order valence-electron chi connectivity index (χ3n) is 7.24. The molecular formula is C40H60ClF3KO13P9. The van der Waals surface area contributed by atoms with Crippen molar-refractivity contribution in [2.24, 2.45) is 11.8 Å². The van der Waals surface area contributed by atoms with Gasteiger partial charge in [0.25, 0.3) is 0 Å². The third-order valence-corrected chi connectivity index (χ3v) is 51.8. The number of carboxylic acids is 1. The van der Waals surface area contributed by atoms with Crippen LogP contribution >= 0.6 is 85.2 Å². The van der Waals surface area contributed by atoms with Crippen LogP contribution in [0.5, 0.6) is 0 Å². The van der Waals surface area contributed by atoms with E-state index in [-0.39, 0.29) is 135 Å². The van der Waals surface area contributed by atoms with Gasteiger partial charge in [0.1, 0.15) is 23.9 Å². The van der Waals surface area contributed by atoms with E-state index in [1.54, 1.807) is 46.8 Å². The van der Waals surface area contributed by atoms with Crippen LogP contribution in [0, 0.1) is 29.3 Å². The summed E-state index contributed by atoms with van der Waals surface area (Å²) in [5, 5.41) is 8.91. The predicted octanol–water partition coefficient (Wildman–Crippen LogP) is 8.44. The Kier molecular flexibility index (Phi) is 50.3. The zero-order chi connectivity index (χ0) is 49.9. The number of ether oxygens (including phenoxy) is 5. The molecule has 67 heavy (non-hydrogen) atoms. The maximum atomic E-state index is 12.8. The number of alkyl halides is 1. The summed E-state index contributed by atoms with van der Waals surface area (Å²) in [6, 6.07) is 17.1. The fraction of sp³-hybridized carbons (Fsp3) is 0.400. The summed E-state index contributed by atoms with van der Waals surface area (Å²) in [7, 11) is 15.6. The summed E-state index contributed by atoms with van der Waals surface area (Å²) in [6.45, 7) is 10.0. The first-order chi connectivity index (χ1) is 30.7. The molecule has 3 aromatic rings. The summed E-state index contributed by atoms with van der Waals surface area (Å²) in [6.07, 6.45) is -0.159. The van der Waals surface area contributed by atoms with Crippen molar-refractivity contribution in [2.45, 2.75) is 59.8 Å². The van der Waals surface area contributed by atoms with Gasteiger partial charge in [0.05, 0.1) is 33.0 Å². The van der Waals surface area contributed by atoms with Gasteiger partial charge < -0.3 is 34.3 Å². The van der Waals surface area contributed by atoms with Gasteiger partial charge in [-0.3, -0.25) is 28.8 Å². The summed E-state index contributed by atoms with van der Waals surface area (Å²) in [4.78, 5) is 67.0. The topological polar surface area (TPSA) is 199 Å². The van der Waals surface area contributed by atoms with Crippen LogP contribution in [-0.4, -0.2) is 79.4 Å². The van der Waals surface area contributed by atoms with E-state index in [9.17, 15) is 41.9 Å². The van der Waals surface area contributed by atoms with Crippen molar-refractivity contribution in [1.82, 2.24) is 0 Å². The van der Waals surface area contributed by atoms with E-state index in [2.05, 4.69) is 58.9 Å². The van der Waals surface area contributed by atoms with E-state index in [0.29, 0.717) is 24.0 Å². The number of hydrogen-bond acceptors (Lipinski definition) is 12. The molecule has 0 aliphatic heterocycles. The predicted molar refractivity (Wildman–Crippen MR) is 278 cm³/mol. The fourth-order valence-corrected chi connectivity index (χ4v) is 65.6. The Hall–Kier alpha value is 0.0264. The normalized spacial score (nSPS) is 10.5. The van der Waals surface area contributed by atoms with E-state index < -0.39 is 53.5 Å². The quantitative estimate of drug-likeness (QED) is 0.0300. The zero-order valence-electron chi connectivity index (χ0n) is 38.1. The molecule has 0 aromatic heterocycles. The Labute approximate surface area is 455 Å². The van der Waals surface area contributed by atoms with Crippen molar-refractivity contribution in [3.63, 3.8) is 0 Å². The molecule has 372 valence electrons. The molecule has 0 fully saturated rings. The molecule has 13 nitrogen and oxygen atoms in total. The molecule has 0 spiro atoms. The average Bonchev–Trinajstić information content (AvgIpc) is 3.24. The third kappa shape index (κ3) is 37.4. The molecule has 7 unspecified atom stereocenters. The van der Waals surface area contributed by atoms with Crippen LogP contribution in [0.1, 0.15) is 57.7 Å². The SMILES string of the molecule is CCOC(=O)C(Cc1ccc(F)cc1)C(=O)O.CCOC(=O)C(Cc1ccc(F)cc1)C(=O)OCC.CCOC(=O)CC(=O)OCC.Fc1ccc(CCl)cc1.PPP(P(P)P)P(P)P.[K+].[OH-]. The molecular weight excluding hydrogens is 1100 g/mol. The van der Waals surface area contributed by atoms with E-state index in [1.165, 1.54) is 60.7 Å². The molecule has 0 aliphatic rings. The first-order valence-electron chi connectivity index (χ1n) is 19.4. The summed E-state index contributed by atoms with van der Waals surface area (Å²) in [5.41, 5.74) is 2.19. The van der Waals surface area contributed by atoms with Gasteiger partial charge in [0, 0.05) is 5.88 Å². The van der Waals surface area contributed by atoms with Crippen LogP contribution < -0.4 is 51.4 Å². The van der Waals surface area contributed by atoms with Crippen LogP contribution in [0.2, 0.25) is 0 Å². The minimum absolute atomic E-state index is 0. The number of carboxylic acid groups (broad SMARTS) is 1. The molecule has 27 heteroatoms. The van der Waals surface area contributed by atoms with E-state index >= 15 is 0 Å². The average molecular weight is 1160 g/mol. The van der Waals surface area contributed by atoms with Gasteiger partial charge in [-0.2, -0.15) is 0 Å². The van der Waals surface area contributed by atoms with Gasteiger partial charge in [0.15, 0.2) is 11.8 Å². The van der Waals surface area contributed by atoms with E-state index in [1.807, 2.05) is 0 Å². The first kappa shape index (κ1) is 73.6. The molecule has 3 aromatic carbocycles. The van der Waals surface area contributed by atoms with E-state index in [0.717, 1.165) is 13.5 Å². The maximum Gasteiger partial charge on any atom is 1.00 e. The van der Waals surface area contributed by atoms with Crippen LogP contribution in [0.15, 0.2) is 72.8 Å². The molecule has 0 aliphatic carbocycles. The Morgan fingerprint density at radius 1 is 0.567 bits per heavy atom. The minimum atomic E-state index is -1.25. The molecule has 0 bridgehead atoms. The number of esters is 5. The molecule has 0 saturated carbocycles. The zero-order valence-corrected chi connectivity index (χ0v) is 51.4. The summed E-state index contributed by atoms with van der Waals surface area (Å²) < 4.78 is 61.0. The van der Waals surface area contributed by atoms with Crippen molar-refractivity contribution >= 4 is 121 Å². The minimum Gasteiger partial charge on any atom is -0.870 e. The maximum absolute atomic E-state index is 12.8. The van der Waals surface area contributed by atoms with E-state index in [4.69, 9.17) is 26.2 Å². The van der Waals surface area contributed by atoms with Gasteiger partial charge in [-0.15, -0.1) is 56.2 Å². The standard InChI is InChI=1S/C14H17FO4.C12H13FO4.C7H6ClF.C7H12O4.K.H2O.H11P9/c1-3-18-13(16)12(14(17)19-4-2)9-10-5-7-11(15)8-6-10;1-2-17-12(16)10(11(14)15)7-8-3-5-9(13)6-4-8;8-5-6-1-3-7(9)4-2-6;1-3-10-6(8)5-7(9)11-4-2;;;1-6-9(7(2)3)8(4)5/h5-8,12H,3-4,9H2,1-2H3;3-6,10H,2,7H2,1H3,(H,14,15);1-4H,5H2;3-5H2,1-2H3;;1H2;6H,1-5H2/q;;;;+1;;/p-1. The monoisotopic (exact) mass is 1160 g/mol. The van der Waals surface area contributed by atoms with Gasteiger partial charge in [-0.1, -0.05) is 44.4 Å².